The number of nitro groups is 1. The van der Waals surface area contributed by atoms with Gasteiger partial charge in [0.1, 0.15) is 5.69 Å². The van der Waals surface area contributed by atoms with Crippen LogP contribution in [0.5, 0.6) is 0 Å². The summed E-state index contributed by atoms with van der Waals surface area (Å²) in [6.07, 6.45) is 1.66. The first kappa shape index (κ1) is 14.8. The summed E-state index contributed by atoms with van der Waals surface area (Å²) in [7, 11) is 0. The second-order valence-corrected chi connectivity index (χ2v) is 5.37. The zero-order chi connectivity index (χ0) is 16.2. The van der Waals surface area contributed by atoms with Crippen molar-refractivity contribution in [3.8, 4) is 11.4 Å². The number of thiazole rings is 1. The number of rotatable bonds is 4. The Balaban J connectivity index is 1.77. The molecule has 0 radical (unpaired) electrons. The van der Waals surface area contributed by atoms with Crippen LogP contribution in [0, 0.1) is 10.1 Å². The quantitative estimate of drug-likeness (QED) is 0.585. The topological polar surface area (TPSA) is 98.0 Å². The fourth-order valence-electron chi connectivity index (χ4n) is 1.89. The van der Waals surface area contributed by atoms with Crippen LogP contribution in [-0.2, 0) is 0 Å². The van der Waals surface area contributed by atoms with Gasteiger partial charge in [-0.15, -0.1) is 11.3 Å². The lowest BCUT2D eigenvalue weighted by Crippen LogP contribution is -2.11. The van der Waals surface area contributed by atoms with Gasteiger partial charge in [0, 0.05) is 29.3 Å². The zero-order valence-corrected chi connectivity index (χ0v) is 12.5. The van der Waals surface area contributed by atoms with Crippen molar-refractivity contribution in [3.05, 3.63) is 69.7 Å². The highest BCUT2D eigenvalue weighted by atomic mass is 32.1. The molecule has 3 rings (SSSR count). The van der Waals surface area contributed by atoms with Crippen LogP contribution in [-0.4, -0.2) is 20.8 Å². The van der Waals surface area contributed by atoms with Gasteiger partial charge in [0.25, 0.3) is 11.6 Å². The molecule has 0 fully saturated rings. The lowest BCUT2D eigenvalue weighted by molar-refractivity contribution is -0.384. The molecule has 0 aliphatic heterocycles. The highest BCUT2D eigenvalue weighted by Gasteiger charge is 2.13. The van der Waals surface area contributed by atoms with E-state index >= 15 is 0 Å². The van der Waals surface area contributed by atoms with Crippen molar-refractivity contribution in [1.29, 1.82) is 0 Å². The van der Waals surface area contributed by atoms with E-state index in [1.54, 1.807) is 17.6 Å². The van der Waals surface area contributed by atoms with Crippen molar-refractivity contribution in [2.75, 3.05) is 5.32 Å². The Morgan fingerprint density at radius 3 is 2.78 bits per heavy atom. The molecule has 3 aromatic rings. The molecular weight excluding hydrogens is 316 g/mol. The van der Waals surface area contributed by atoms with E-state index in [0.29, 0.717) is 16.5 Å². The third-order valence-corrected chi connectivity index (χ3v) is 3.73. The maximum atomic E-state index is 12.2. The molecule has 0 spiro atoms. The Kier molecular flexibility index (Phi) is 4.07. The van der Waals surface area contributed by atoms with E-state index < -0.39 is 10.8 Å². The number of anilines is 1. The zero-order valence-electron chi connectivity index (χ0n) is 11.7. The van der Waals surface area contributed by atoms with Crippen LogP contribution in [0.4, 0.5) is 10.8 Å². The molecule has 114 valence electrons. The summed E-state index contributed by atoms with van der Waals surface area (Å²) in [4.78, 5) is 30.8. The maximum Gasteiger partial charge on any atom is 0.270 e. The van der Waals surface area contributed by atoms with Crippen LogP contribution < -0.4 is 5.32 Å². The Labute approximate surface area is 134 Å². The second-order valence-electron chi connectivity index (χ2n) is 4.51. The normalized spacial score (nSPS) is 10.3. The third-order valence-electron chi connectivity index (χ3n) is 2.97. The van der Waals surface area contributed by atoms with Gasteiger partial charge in [-0.1, -0.05) is 12.1 Å². The van der Waals surface area contributed by atoms with Crippen LogP contribution in [0.25, 0.3) is 11.4 Å². The van der Waals surface area contributed by atoms with E-state index in [1.807, 2.05) is 12.1 Å². The molecule has 8 heteroatoms. The largest absolute Gasteiger partial charge is 0.298 e. The summed E-state index contributed by atoms with van der Waals surface area (Å²) in [5.41, 5.74) is 1.43. The number of hydrogen-bond donors (Lipinski definition) is 1. The highest BCUT2D eigenvalue weighted by Crippen LogP contribution is 2.24. The molecule has 7 nitrogen and oxygen atoms in total. The SMILES string of the molecule is O=C(Nc1nc(-c2ccccn2)cs1)c1cccc([N+](=O)[O-])c1. The van der Waals surface area contributed by atoms with E-state index in [1.165, 1.54) is 35.6 Å². The maximum absolute atomic E-state index is 12.2. The molecule has 0 aliphatic rings. The molecule has 0 aliphatic carbocycles. The molecule has 0 saturated heterocycles. The van der Waals surface area contributed by atoms with Gasteiger partial charge in [0.15, 0.2) is 5.13 Å². The molecule has 0 unspecified atom stereocenters. The number of nitro benzene ring substituents is 1. The summed E-state index contributed by atoms with van der Waals surface area (Å²) >= 11 is 1.26. The van der Waals surface area contributed by atoms with Gasteiger partial charge in [-0.3, -0.25) is 25.2 Å². The van der Waals surface area contributed by atoms with E-state index in [-0.39, 0.29) is 11.3 Å². The fourth-order valence-corrected chi connectivity index (χ4v) is 2.59. The van der Waals surface area contributed by atoms with Gasteiger partial charge >= 0.3 is 0 Å². The minimum Gasteiger partial charge on any atom is -0.298 e. The number of benzene rings is 1. The second kappa shape index (κ2) is 6.32. The number of carbonyl (C=O) groups is 1. The molecule has 2 aromatic heterocycles. The van der Waals surface area contributed by atoms with Crippen molar-refractivity contribution in [3.63, 3.8) is 0 Å². The Morgan fingerprint density at radius 1 is 1.17 bits per heavy atom. The van der Waals surface area contributed by atoms with Crippen molar-refractivity contribution >= 4 is 28.1 Å². The minimum atomic E-state index is -0.542. The molecule has 23 heavy (non-hydrogen) atoms. The van der Waals surface area contributed by atoms with E-state index in [2.05, 4.69) is 15.3 Å². The van der Waals surface area contributed by atoms with Crippen molar-refractivity contribution < 1.29 is 9.72 Å². The number of amides is 1. The monoisotopic (exact) mass is 326 g/mol. The third kappa shape index (κ3) is 3.38. The molecule has 2 heterocycles. The fraction of sp³-hybridized carbons (Fsp3) is 0. The van der Waals surface area contributed by atoms with Crippen LogP contribution in [0.1, 0.15) is 10.4 Å². The summed E-state index contributed by atoms with van der Waals surface area (Å²) in [6.45, 7) is 0. The van der Waals surface area contributed by atoms with E-state index in [9.17, 15) is 14.9 Å². The van der Waals surface area contributed by atoms with Crippen LogP contribution in [0.15, 0.2) is 54.0 Å². The predicted molar refractivity (Wildman–Crippen MR) is 86.4 cm³/mol. The Morgan fingerprint density at radius 2 is 2.04 bits per heavy atom. The van der Waals surface area contributed by atoms with Crippen molar-refractivity contribution in [1.82, 2.24) is 9.97 Å². The molecule has 0 saturated carbocycles. The lowest BCUT2D eigenvalue weighted by Gasteiger charge is -2.01. The van der Waals surface area contributed by atoms with Crippen molar-refractivity contribution in [2.45, 2.75) is 0 Å². The lowest BCUT2D eigenvalue weighted by atomic mass is 10.2. The standard InChI is InChI=1S/C15H10N4O3S/c20-14(10-4-3-5-11(8-10)19(21)22)18-15-17-13(9-23-15)12-6-1-2-7-16-12/h1-9H,(H,17,18,20). The summed E-state index contributed by atoms with van der Waals surface area (Å²) < 4.78 is 0. The average Bonchev–Trinajstić information content (AvgIpc) is 3.04. The number of nitrogens with one attached hydrogen (secondary N) is 1. The number of carbonyl (C=O) groups excluding carboxylic acids is 1. The highest BCUT2D eigenvalue weighted by molar-refractivity contribution is 7.14. The summed E-state index contributed by atoms with van der Waals surface area (Å²) in [5.74, 6) is -0.448. The molecule has 1 N–H and O–H groups in total. The van der Waals surface area contributed by atoms with Crippen LogP contribution >= 0.6 is 11.3 Å². The first-order valence-corrected chi connectivity index (χ1v) is 7.44. The van der Waals surface area contributed by atoms with Crippen molar-refractivity contribution in [2.24, 2.45) is 0 Å². The summed E-state index contributed by atoms with van der Waals surface area (Å²) in [6, 6.07) is 11.0. The minimum absolute atomic E-state index is 0.133. The van der Waals surface area contributed by atoms with E-state index in [4.69, 9.17) is 0 Å². The number of nitrogens with zero attached hydrogens (tertiary/aromatic N) is 3. The molecule has 1 aromatic carbocycles. The van der Waals surface area contributed by atoms with E-state index in [0.717, 1.165) is 0 Å². The number of aromatic nitrogens is 2. The Bertz CT molecular complexity index is 864. The van der Waals surface area contributed by atoms with Gasteiger partial charge < -0.3 is 0 Å². The smallest absolute Gasteiger partial charge is 0.270 e. The number of hydrogen-bond acceptors (Lipinski definition) is 6. The average molecular weight is 326 g/mol. The number of pyridine rings is 1. The first-order valence-electron chi connectivity index (χ1n) is 6.56. The first-order chi connectivity index (χ1) is 11.1. The Hall–Kier alpha value is -3.13. The van der Waals surface area contributed by atoms with Gasteiger partial charge in [-0.05, 0) is 18.2 Å². The molecule has 0 atom stereocenters. The molecule has 0 bridgehead atoms. The molecular formula is C15H10N4O3S. The van der Waals surface area contributed by atoms with Gasteiger partial charge in [0.2, 0.25) is 0 Å². The van der Waals surface area contributed by atoms with Gasteiger partial charge in [0.05, 0.1) is 10.6 Å². The van der Waals surface area contributed by atoms with Crippen LogP contribution in [0.2, 0.25) is 0 Å². The number of non-ortho nitro benzene ring substituents is 1. The summed E-state index contributed by atoms with van der Waals surface area (Å²) in [5, 5.41) is 15.6. The van der Waals surface area contributed by atoms with Gasteiger partial charge in [-0.2, -0.15) is 0 Å². The predicted octanol–water partition coefficient (Wildman–Crippen LogP) is 3.37. The van der Waals surface area contributed by atoms with Crippen LogP contribution in [0.3, 0.4) is 0 Å². The van der Waals surface area contributed by atoms with Gasteiger partial charge in [-0.25, -0.2) is 4.98 Å². The molecule has 1 amide bonds.